The van der Waals surface area contributed by atoms with Crippen molar-refractivity contribution < 1.29 is 4.79 Å². The molecule has 2 nitrogen and oxygen atoms in total. The molecule has 0 saturated heterocycles. The highest BCUT2D eigenvalue weighted by Crippen LogP contribution is 2.22. The van der Waals surface area contributed by atoms with Gasteiger partial charge in [-0.15, -0.1) is 0 Å². The first-order valence-electron chi connectivity index (χ1n) is 6.01. The number of carbonyl (C=O) groups is 1. The first-order valence-corrected chi connectivity index (χ1v) is 6.01. The molecule has 0 aromatic carbocycles. The van der Waals surface area contributed by atoms with Gasteiger partial charge in [-0.05, 0) is 31.6 Å². The van der Waals surface area contributed by atoms with Gasteiger partial charge >= 0.3 is 0 Å². The molecule has 0 spiro atoms. The van der Waals surface area contributed by atoms with Crippen LogP contribution in [-0.4, -0.2) is 11.9 Å². The van der Waals surface area contributed by atoms with E-state index in [1.165, 1.54) is 32.1 Å². The van der Waals surface area contributed by atoms with E-state index in [0.717, 1.165) is 12.3 Å². The third-order valence-corrected chi connectivity index (χ3v) is 3.10. The Kier molecular flexibility index (Phi) is 4.99. The van der Waals surface area contributed by atoms with Gasteiger partial charge in [0.1, 0.15) is 0 Å². The highest BCUT2D eigenvalue weighted by molar-refractivity contribution is 5.76. The molecule has 2 heteroatoms. The summed E-state index contributed by atoms with van der Waals surface area (Å²) < 4.78 is 0. The van der Waals surface area contributed by atoms with Crippen LogP contribution in [-0.2, 0) is 4.79 Å². The van der Waals surface area contributed by atoms with E-state index in [-0.39, 0.29) is 5.91 Å². The van der Waals surface area contributed by atoms with Crippen LogP contribution in [0.1, 0.15) is 58.8 Å². The Hall–Kier alpha value is -0.530. The van der Waals surface area contributed by atoms with Crippen molar-refractivity contribution in [3.8, 4) is 0 Å². The largest absolute Gasteiger partial charge is 0.353 e. The van der Waals surface area contributed by atoms with Crippen molar-refractivity contribution in [1.29, 1.82) is 0 Å². The Bertz CT molecular complexity index is 179. The highest BCUT2D eigenvalue weighted by Gasteiger charge is 2.17. The van der Waals surface area contributed by atoms with Gasteiger partial charge in [0.15, 0.2) is 0 Å². The molecule has 0 aromatic heterocycles. The summed E-state index contributed by atoms with van der Waals surface area (Å²) in [5.41, 5.74) is 0. The quantitative estimate of drug-likeness (QED) is 0.692. The van der Waals surface area contributed by atoms with Gasteiger partial charge in [-0.1, -0.05) is 26.7 Å². The second-order valence-corrected chi connectivity index (χ2v) is 4.63. The lowest BCUT2D eigenvalue weighted by molar-refractivity contribution is -0.121. The average Bonchev–Trinajstić information content (AvgIpc) is 2.32. The van der Waals surface area contributed by atoms with E-state index in [1.54, 1.807) is 0 Å². The number of rotatable bonds is 3. The standard InChI is InChI=1S/C12H23NO/c1-3-5-12(14)13-11-7-4-6-10(2)8-9-11/h10-11H,3-9H2,1-2H3,(H,13,14). The molecule has 2 unspecified atom stereocenters. The molecule has 1 saturated carbocycles. The van der Waals surface area contributed by atoms with Gasteiger partial charge in [-0.25, -0.2) is 0 Å². The number of carbonyl (C=O) groups excluding carboxylic acids is 1. The molecule has 0 radical (unpaired) electrons. The SMILES string of the molecule is CCCC(=O)NC1CCCC(C)CC1. The van der Waals surface area contributed by atoms with Crippen molar-refractivity contribution in [2.75, 3.05) is 0 Å². The van der Waals surface area contributed by atoms with Crippen LogP contribution < -0.4 is 5.32 Å². The van der Waals surface area contributed by atoms with Gasteiger partial charge in [0.2, 0.25) is 5.91 Å². The van der Waals surface area contributed by atoms with E-state index >= 15 is 0 Å². The Labute approximate surface area is 87.5 Å². The summed E-state index contributed by atoms with van der Waals surface area (Å²) in [6.07, 6.45) is 7.88. The van der Waals surface area contributed by atoms with E-state index in [0.29, 0.717) is 12.5 Å². The normalized spacial score (nSPS) is 28.1. The first kappa shape index (κ1) is 11.5. The van der Waals surface area contributed by atoms with Gasteiger partial charge in [0.25, 0.3) is 0 Å². The second-order valence-electron chi connectivity index (χ2n) is 4.63. The van der Waals surface area contributed by atoms with E-state index in [1.807, 2.05) is 0 Å². The molecular weight excluding hydrogens is 174 g/mol. The Balaban J connectivity index is 2.26. The smallest absolute Gasteiger partial charge is 0.220 e. The topological polar surface area (TPSA) is 29.1 Å². The maximum absolute atomic E-state index is 11.4. The van der Waals surface area contributed by atoms with Crippen molar-refractivity contribution in [2.24, 2.45) is 5.92 Å². The summed E-state index contributed by atoms with van der Waals surface area (Å²) >= 11 is 0. The molecule has 14 heavy (non-hydrogen) atoms. The van der Waals surface area contributed by atoms with Crippen LogP contribution >= 0.6 is 0 Å². The molecule has 0 aromatic rings. The molecule has 0 heterocycles. The summed E-state index contributed by atoms with van der Waals surface area (Å²) in [4.78, 5) is 11.4. The minimum atomic E-state index is 0.243. The third-order valence-electron chi connectivity index (χ3n) is 3.10. The van der Waals surface area contributed by atoms with Crippen LogP contribution in [0.3, 0.4) is 0 Å². The zero-order chi connectivity index (χ0) is 10.4. The third kappa shape index (κ3) is 4.12. The van der Waals surface area contributed by atoms with Crippen molar-refractivity contribution in [3.63, 3.8) is 0 Å². The summed E-state index contributed by atoms with van der Waals surface area (Å²) in [6.45, 7) is 4.37. The van der Waals surface area contributed by atoms with E-state index < -0.39 is 0 Å². The summed E-state index contributed by atoms with van der Waals surface area (Å²) in [6, 6.07) is 0.457. The predicted molar refractivity (Wildman–Crippen MR) is 59.1 cm³/mol. The van der Waals surface area contributed by atoms with Crippen LogP contribution in [0.25, 0.3) is 0 Å². The van der Waals surface area contributed by atoms with Crippen LogP contribution in [0.2, 0.25) is 0 Å². The molecule has 1 fully saturated rings. The van der Waals surface area contributed by atoms with Crippen LogP contribution in [0.15, 0.2) is 0 Å². The van der Waals surface area contributed by atoms with Crippen molar-refractivity contribution in [3.05, 3.63) is 0 Å². The zero-order valence-corrected chi connectivity index (χ0v) is 9.51. The lowest BCUT2D eigenvalue weighted by atomic mass is 10.0. The van der Waals surface area contributed by atoms with Gasteiger partial charge in [0, 0.05) is 12.5 Å². The Morgan fingerprint density at radius 2 is 2.07 bits per heavy atom. The minimum Gasteiger partial charge on any atom is -0.353 e. The lowest BCUT2D eigenvalue weighted by Gasteiger charge is -2.15. The molecule has 1 aliphatic carbocycles. The van der Waals surface area contributed by atoms with Crippen molar-refractivity contribution in [2.45, 2.75) is 64.8 Å². The van der Waals surface area contributed by atoms with Crippen molar-refractivity contribution >= 4 is 5.91 Å². The summed E-state index contributed by atoms with van der Waals surface area (Å²) in [5.74, 6) is 1.09. The zero-order valence-electron chi connectivity index (χ0n) is 9.51. The number of amides is 1. The van der Waals surface area contributed by atoms with Crippen LogP contribution in [0, 0.1) is 5.92 Å². The molecule has 82 valence electrons. The van der Waals surface area contributed by atoms with E-state index in [9.17, 15) is 4.79 Å². The predicted octanol–water partition coefficient (Wildman–Crippen LogP) is 2.87. The number of nitrogens with one attached hydrogen (secondary N) is 1. The maximum Gasteiger partial charge on any atom is 0.220 e. The summed E-state index contributed by atoms with van der Waals surface area (Å²) in [5, 5.41) is 3.14. The molecule has 1 aliphatic rings. The Morgan fingerprint density at radius 1 is 1.29 bits per heavy atom. The number of hydrogen-bond acceptors (Lipinski definition) is 1. The molecular formula is C12H23NO. The highest BCUT2D eigenvalue weighted by atomic mass is 16.1. The monoisotopic (exact) mass is 197 g/mol. The van der Waals surface area contributed by atoms with Gasteiger partial charge in [-0.3, -0.25) is 4.79 Å². The maximum atomic E-state index is 11.4. The van der Waals surface area contributed by atoms with Crippen molar-refractivity contribution in [1.82, 2.24) is 5.32 Å². The number of hydrogen-bond donors (Lipinski definition) is 1. The molecule has 2 atom stereocenters. The fourth-order valence-corrected chi connectivity index (χ4v) is 2.16. The van der Waals surface area contributed by atoms with Crippen LogP contribution in [0.4, 0.5) is 0 Å². The second kappa shape index (κ2) is 6.05. The molecule has 1 amide bonds. The van der Waals surface area contributed by atoms with Gasteiger partial charge in [0.05, 0.1) is 0 Å². The Morgan fingerprint density at radius 3 is 2.79 bits per heavy atom. The first-order chi connectivity index (χ1) is 6.72. The molecule has 1 rings (SSSR count). The average molecular weight is 197 g/mol. The fraction of sp³-hybridized carbons (Fsp3) is 0.917. The van der Waals surface area contributed by atoms with Gasteiger partial charge in [-0.2, -0.15) is 0 Å². The lowest BCUT2D eigenvalue weighted by Crippen LogP contribution is -2.34. The molecule has 0 bridgehead atoms. The van der Waals surface area contributed by atoms with Gasteiger partial charge < -0.3 is 5.32 Å². The van der Waals surface area contributed by atoms with Crippen LogP contribution in [0.5, 0.6) is 0 Å². The minimum absolute atomic E-state index is 0.243. The molecule has 1 N–H and O–H groups in total. The molecule has 0 aliphatic heterocycles. The van der Waals surface area contributed by atoms with E-state index in [4.69, 9.17) is 0 Å². The fourth-order valence-electron chi connectivity index (χ4n) is 2.16. The summed E-state index contributed by atoms with van der Waals surface area (Å²) in [7, 11) is 0. The van der Waals surface area contributed by atoms with E-state index in [2.05, 4.69) is 19.2 Å².